The molecule has 0 aromatic carbocycles. The van der Waals surface area contributed by atoms with E-state index < -0.39 is 27.7 Å². The highest BCUT2D eigenvalue weighted by atomic mass is 32.2. The van der Waals surface area contributed by atoms with Gasteiger partial charge in [-0.3, -0.25) is 4.98 Å². The Morgan fingerprint density at radius 3 is 2.40 bits per heavy atom. The summed E-state index contributed by atoms with van der Waals surface area (Å²) in [4.78, 5) is 17.9. The number of rotatable bonds is 5. The average molecular weight is 436 g/mol. The zero-order chi connectivity index (χ0) is 22.9. The molecule has 0 radical (unpaired) electrons. The molecule has 2 heterocycles. The maximum absolute atomic E-state index is 12.7. The lowest BCUT2D eigenvalue weighted by Gasteiger charge is -2.42. The highest BCUT2D eigenvalue weighted by Crippen LogP contribution is 2.49. The van der Waals surface area contributed by atoms with Crippen LogP contribution in [-0.4, -0.2) is 48.2 Å². The van der Waals surface area contributed by atoms with Crippen LogP contribution in [0.25, 0.3) is 0 Å². The van der Waals surface area contributed by atoms with Crippen molar-refractivity contribution in [3.8, 4) is 0 Å². The predicted octanol–water partition coefficient (Wildman–Crippen LogP) is 5.16. The first-order valence-corrected chi connectivity index (χ1v) is 11.7. The maximum Gasteiger partial charge on any atom is 0.407 e. The molecular formula is C23H37N3O3S. The van der Waals surface area contributed by atoms with E-state index in [9.17, 15) is 14.5 Å². The summed E-state index contributed by atoms with van der Waals surface area (Å²) in [6.45, 7) is 16.8. The quantitative estimate of drug-likeness (QED) is 0.511. The Morgan fingerprint density at radius 1 is 1.30 bits per heavy atom. The third kappa shape index (κ3) is 5.55. The van der Waals surface area contributed by atoms with E-state index in [0.717, 1.165) is 17.8 Å². The molecule has 2 rings (SSSR count). The van der Waals surface area contributed by atoms with Crippen molar-refractivity contribution >= 4 is 23.2 Å². The van der Waals surface area contributed by atoms with Gasteiger partial charge in [-0.2, -0.15) is 0 Å². The summed E-state index contributed by atoms with van der Waals surface area (Å²) < 4.78 is 16.8. The number of hydrogen-bond donors (Lipinski definition) is 1. The average Bonchev–Trinajstić information content (AvgIpc) is 2.88. The molecule has 3 atom stereocenters. The molecule has 0 aliphatic carbocycles. The first kappa shape index (κ1) is 24.7. The lowest BCUT2D eigenvalue weighted by atomic mass is 9.65. The van der Waals surface area contributed by atoms with E-state index in [1.807, 2.05) is 52.8 Å². The molecule has 1 N–H and O–H groups in total. The van der Waals surface area contributed by atoms with Crippen molar-refractivity contribution in [3.63, 3.8) is 0 Å². The van der Waals surface area contributed by atoms with Gasteiger partial charge in [0.2, 0.25) is 0 Å². The van der Waals surface area contributed by atoms with Gasteiger partial charge in [-0.15, -0.1) is 0 Å². The van der Waals surface area contributed by atoms with Crippen molar-refractivity contribution in [1.82, 2.24) is 9.88 Å². The topological polar surface area (TPSA) is 88.9 Å². The van der Waals surface area contributed by atoms with Crippen molar-refractivity contribution in [2.45, 2.75) is 78.5 Å². The van der Waals surface area contributed by atoms with Crippen LogP contribution in [0.5, 0.6) is 0 Å². The molecule has 0 spiro atoms. The molecule has 1 aliphatic heterocycles. The Hall–Kier alpha value is -1.60. The number of hydrogen-bond acceptors (Lipinski definition) is 4. The van der Waals surface area contributed by atoms with Crippen LogP contribution in [0.3, 0.4) is 0 Å². The van der Waals surface area contributed by atoms with Gasteiger partial charge in [0.1, 0.15) is 21.8 Å². The van der Waals surface area contributed by atoms with Crippen molar-refractivity contribution in [2.24, 2.45) is 21.6 Å². The Labute approximate surface area is 184 Å². The second-order valence-electron chi connectivity index (χ2n) is 10.8. The van der Waals surface area contributed by atoms with Crippen LogP contribution in [0.1, 0.15) is 73.9 Å². The molecule has 0 bridgehead atoms. The van der Waals surface area contributed by atoms with Gasteiger partial charge >= 0.3 is 6.09 Å². The highest BCUT2D eigenvalue weighted by molar-refractivity contribution is 7.91. The molecular weight excluding hydrogens is 398 g/mol. The van der Waals surface area contributed by atoms with Crippen LogP contribution in [0.2, 0.25) is 0 Å². The number of carbonyl (C=O) groups is 1. The van der Waals surface area contributed by atoms with Crippen LogP contribution in [0, 0.1) is 17.3 Å². The van der Waals surface area contributed by atoms with E-state index in [2.05, 4.69) is 30.2 Å². The number of carboxylic acid groups (broad SMARTS) is 1. The molecule has 30 heavy (non-hydrogen) atoms. The molecule has 7 heteroatoms. The van der Waals surface area contributed by atoms with Crippen molar-refractivity contribution in [1.29, 1.82) is 0 Å². The molecule has 1 aromatic rings. The summed E-state index contributed by atoms with van der Waals surface area (Å²) in [5.41, 5.74) is 0.957. The lowest BCUT2D eigenvalue weighted by molar-refractivity contribution is 0.0639. The van der Waals surface area contributed by atoms with Gasteiger partial charge in [0, 0.05) is 18.3 Å². The van der Waals surface area contributed by atoms with Crippen molar-refractivity contribution in [2.75, 3.05) is 6.54 Å². The standard InChI is InChI=1S/C23H37N3O3S/c1-21(2,3)19-16(15-26(20(27)28)23(19,7)8)12-13-18(17-11-9-10-14-24-17)25-30(29)22(4,5)6/h9-11,14,16,19H,12-13,15H2,1-8H3,(H,27,28)/b25-18+/t16-,19?,30?/m1/s1. The van der Waals surface area contributed by atoms with E-state index >= 15 is 0 Å². The van der Waals surface area contributed by atoms with Gasteiger partial charge < -0.3 is 14.6 Å². The summed E-state index contributed by atoms with van der Waals surface area (Å²) in [5, 5.41) is 9.77. The van der Waals surface area contributed by atoms with Crippen LogP contribution in [0.4, 0.5) is 4.79 Å². The fraction of sp³-hybridized carbons (Fsp3) is 0.696. The molecule has 2 unspecified atom stereocenters. The normalized spacial score (nSPS) is 23.5. The van der Waals surface area contributed by atoms with Crippen LogP contribution < -0.4 is 0 Å². The van der Waals surface area contributed by atoms with E-state index in [4.69, 9.17) is 0 Å². The Bertz CT molecular complexity index is 766. The van der Waals surface area contributed by atoms with E-state index in [0.29, 0.717) is 13.0 Å². The number of pyridine rings is 1. The second-order valence-corrected chi connectivity index (χ2v) is 12.7. The monoisotopic (exact) mass is 435 g/mol. The molecule has 1 fully saturated rings. The van der Waals surface area contributed by atoms with E-state index in [-0.39, 0.29) is 17.3 Å². The minimum absolute atomic E-state index is 0.0467. The number of aromatic nitrogens is 1. The van der Waals surface area contributed by atoms with Gasteiger partial charge in [0.05, 0.1) is 5.69 Å². The molecule has 0 saturated carbocycles. The second kappa shape index (κ2) is 8.87. The molecule has 1 amide bonds. The SMILES string of the molecule is CC(C)(C)C1[C@H](CC/C(=N\[S+]([O-])C(C)(C)C)c2ccccn2)CN(C(=O)O)C1(C)C. The van der Waals surface area contributed by atoms with E-state index in [1.165, 1.54) is 0 Å². The summed E-state index contributed by atoms with van der Waals surface area (Å²) in [6, 6.07) is 5.64. The lowest BCUT2D eigenvalue weighted by Crippen LogP contribution is -2.48. The zero-order valence-electron chi connectivity index (χ0n) is 19.6. The third-order valence-electron chi connectivity index (χ3n) is 5.94. The Kier molecular flexibility index (Phi) is 7.29. The van der Waals surface area contributed by atoms with Gasteiger partial charge in [0.25, 0.3) is 0 Å². The first-order chi connectivity index (χ1) is 13.7. The summed E-state index contributed by atoms with van der Waals surface area (Å²) in [7, 11) is 0. The summed E-state index contributed by atoms with van der Waals surface area (Å²) >= 11 is -1.38. The van der Waals surface area contributed by atoms with Crippen molar-refractivity contribution in [3.05, 3.63) is 30.1 Å². The fourth-order valence-electron chi connectivity index (χ4n) is 4.98. The minimum atomic E-state index is -1.38. The van der Waals surface area contributed by atoms with E-state index in [1.54, 1.807) is 11.1 Å². The number of nitrogens with zero attached hydrogens (tertiary/aromatic N) is 3. The Morgan fingerprint density at radius 2 is 1.93 bits per heavy atom. The smallest absolute Gasteiger partial charge is 0.407 e. The number of amides is 1. The molecule has 168 valence electrons. The minimum Gasteiger partial charge on any atom is -0.591 e. The summed E-state index contributed by atoms with van der Waals surface area (Å²) in [5.74, 6) is 0.382. The highest BCUT2D eigenvalue weighted by Gasteiger charge is 2.53. The van der Waals surface area contributed by atoms with Gasteiger partial charge in [-0.1, -0.05) is 31.2 Å². The number of likely N-dealkylation sites (tertiary alicyclic amines) is 1. The van der Waals surface area contributed by atoms with Crippen LogP contribution in [-0.2, 0) is 11.4 Å². The van der Waals surface area contributed by atoms with Gasteiger partial charge in [-0.25, -0.2) is 4.79 Å². The summed E-state index contributed by atoms with van der Waals surface area (Å²) in [6.07, 6.45) is 2.23. The van der Waals surface area contributed by atoms with Crippen molar-refractivity contribution < 1.29 is 14.5 Å². The zero-order valence-corrected chi connectivity index (χ0v) is 20.4. The predicted molar refractivity (Wildman–Crippen MR) is 123 cm³/mol. The molecule has 1 aromatic heterocycles. The van der Waals surface area contributed by atoms with Crippen LogP contribution >= 0.6 is 0 Å². The molecule has 1 saturated heterocycles. The Balaban J connectivity index is 2.33. The molecule has 1 aliphatic rings. The maximum atomic E-state index is 12.7. The largest absolute Gasteiger partial charge is 0.591 e. The first-order valence-electron chi connectivity index (χ1n) is 10.6. The van der Waals surface area contributed by atoms with Gasteiger partial charge in [0.15, 0.2) is 0 Å². The van der Waals surface area contributed by atoms with Gasteiger partial charge in [-0.05, 0) is 76.8 Å². The third-order valence-corrected chi connectivity index (χ3v) is 7.37. The molecule has 6 nitrogen and oxygen atoms in total. The fourth-order valence-corrected chi connectivity index (χ4v) is 5.64. The van der Waals surface area contributed by atoms with Crippen LogP contribution in [0.15, 0.2) is 28.8 Å².